The van der Waals surface area contributed by atoms with Crippen molar-refractivity contribution in [2.24, 2.45) is 0 Å². The third kappa shape index (κ3) is 3.45. The number of aryl methyl sites for hydroxylation is 1. The van der Waals surface area contributed by atoms with Crippen LogP contribution in [0.1, 0.15) is 28.6 Å². The van der Waals surface area contributed by atoms with E-state index >= 15 is 0 Å². The normalized spacial score (nSPS) is 13.8. The minimum Gasteiger partial charge on any atom is -0.465 e. The number of ether oxygens (including phenoxy) is 1. The largest absolute Gasteiger partial charge is 0.465 e. The zero-order valence-electron chi connectivity index (χ0n) is 14.3. The number of sulfonamides is 1. The van der Waals surface area contributed by atoms with Crippen LogP contribution >= 0.6 is 11.3 Å². The molecule has 0 fully saturated rings. The molecule has 1 aliphatic heterocycles. The maximum Gasteiger partial charge on any atom is 0.350 e. The second-order valence-corrected chi connectivity index (χ2v) is 8.42. The summed E-state index contributed by atoms with van der Waals surface area (Å²) in [6, 6.07) is 6.22. The van der Waals surface area contributed by atoms with Crippen molar-refractivity contribution in [2.45, 2.75) is 24.7 Å². The number of carbonyl (C=O) groups excluding carboxylic acids is 2. The maximum atomic E-state index is 12.7. The summed E-state index contributed by atoms with van der Waals surface area (Å²) in [6.07, 6.45) is 1.48. The van der Waals surface area contributed by atoms with Crippen LogP contribution < -0.4 is 9.62 Å². The molecule has 0 unspecified atom stereocenters. The first-order valence-electron chi connectivity index (χ1n) is 7.93. The molecule has 0 spiro atoms. The molecular formula is C17H18N2O5S2. The Bertz CT molecular complexity index is 965. The molecule has 1 aromatic heterocycles. The minimum atomic E-state index is -3.87. The van der Waals surface area contributed by atoms with E-state index in [4.69, 9.17) is 0 Å². The van der Waals surface area contributed by atoms with Crippen molar-refractivity contribution >= 4 is 44.6 Å². The van der Waals surface area contributed by atoms with Crippen LogP contribution in [0.15, 0.2) is 34.5 Å². The fourth-order valence-electron chi connectivity index (χ4n) is 2.91. The van der Waals surface area contributed by atoms with Gasteiger partial charge in [-0.25, -0.2) is 13.2 Å². The van der Waals surface area contributed by atoms with E-state index in [9.17, 15) is 18.0 Å². The molecular weight excluding hydrogens is 376 g/mol. The maximum absolute atomic E-state index is 12.7. The van der Waals surface area contributed by atoms with Gasteiger partial charge in [0.15, 0.2) is 0 Å². The van der Waals surface area contributed by atoms with Crippen LogP contribution in [0.25, 0.3) is 0 Å². The molecule has 1 N–H and O–H groups in total. The molecule has 7 nitrogen and oxygen atoms in total. The van der Waals surface area contributed by atoms with Gasteiger partial charge in [-0.05, 0) is 48.1 Å². The lowest BCUT2D eigenvalue weighted by molar-refractivity contribution is -0.116. The van der Waals surface area contributed by atoms with Crippen LogP contribution in [0.3, 0.4) is 0 Å². The molecule has 2 aromatic rings. The van der Waals surface area contributed by atoms with E-state index in [0.717, 1.165) is 29.0 Å². The smallest absolute Gasteiger partial charge is 0.350 e. The lowest BCUT2D eigenvalue weighted by Crippen LogP contribution is -2.33. The van der Waals surface area contributed by atoms with Gasteiger partial charge in [0.05, 0.1) is 17.7 Å². The van der Waals surface area contributed by atoms with Gasteiger partial charge in [-0.3, -0.25) is 9.52 Å². The average molecular weight is 394 g/mol. The summed E-state index contributed by atoms with van der Waals surface area (Å²) in [7, 11) is -2.63. The topological polar surface area (TPSA) is 92.8 Å². The third-order valence-electron chi connectivity index (χ3n) is 4.14. The van der Waals surface area contributed by atoms with E-state index < -0.39 is 16.0 Å². The van der Waals surface area contributed by atoms with Gasteiger partial charge in [0.2, 0.25) is 5.91 Å². The van der Waals surface area contributed by atoms with Crippen LogP contribution in [-0.4, -0.2) is 33.9 Å². The highest BCUT2D eigenvalue weighted by Crippen LogP contribution is 2.31. The first-order chi connectivity index (χ1) is 12.3. The van der Waals surface area contributed by atoms with E-state index in [1.165, 1.54) is 26.2 Å². The SMILES string of the molecule is COC(=O)c1sccc1NS(=O)(=O)c1ccc2c(c1)CCCN2C(C)=O. The Morgan fingerprint density at radius 1 is 1.27 bits per heavy atom. The molecule has 26 heavy (non-hydrogen) atoms. The number of nitrogens with one attached hydrogen (secondary N) is 1. The monoisotopic (exact) mass is 394 g/mol. The Balaban J connectivity index is 1.93. The average Bonchev–Trinajstić information content (AvgIpc) is 3.07. The van der Waals surface area contributed by atoms with Crippen molar-refractivity contribution in [3.05, 3.63) is 40.1 Å². The van der Waals surface area contributed by atoms with Gasteiger partial charge in [0.1, 0.15) is 4.88 Å². The Hall–Kier alpha value is -2.39. The van der Waals surface area contributed by atoms with Gasteiger partial charge in [-0.15, -0.1) is 11.3 Å². The van der Waals surface area contributed by atoms with Gasteiger partial charge < -0.3 is 9.64 Å². The molecule has 0 saturated heterocycles. The summed E-state index contributed by atoms with van der Waals surface area (Å²) in [5.74, 6) is -0.666. The number of esters is 1. The number of methoxy groups -OCH3 is 1. The number of nitrogens with zero attached hydrogens (tertiary/aromatic N) is 1. The number of hydrogen-bond donors (Lipinski definition) is 1. The number of benzene rings is 1. The summed E-state index contributed by atoms with van der Waals surface area (Å²) in [4.78, 5) is 25.4. The Labute approximate surface area is 155 Å². The molecule has 0 saturated carbocycles. The summed E-state index contributed by atoms with van der Waals surface area (Å²) in [5, 5.41) is 1.61. The van der Waals surface area contributed by atoms with Crippen molar-refractivity contribution in [1.82, 2.24) is 0 Å². The summed E-state index contributed by atoms with van der Waals surface area (Å²) < 4.78 is 32.6. The van der Waals surface area contributed by atoms with E-state index in [0.29, 0.717) is 13.0 Å². The quantitative estimate of drug-likeness (QED) is 0.805. The molecule has 2 heterocycles. The van der Waals surface area contributed by atoms with Gasteiger partial charge in [0.25, 0.3) is 10.0 Å². The molecule has 1 amide bonds. The number of carbonyl (C=O) groups is 2. The zero-order valence-corrected chi connectivity index (χ0v) is 15.9. The van der Waals surface area contributed by atoms with Crippen molar-refractivity contribution in [1.29, 1.82) is 0 Å². The van der Waals surface area contributed by atoms with Crippen molar-refractivity contribution in [3.63, 3.8) is 0 Å². The molecule has 138 valence electrons. The first kappa shape index (κ1) is 18.4. The highest BCUT2D eigenvalue weighted by atomic mass is 32.2. The number of thiophene rings is 1. The van der Waals surface area contributed by atoms with E-state index in [-0.39, 0.29) is 21.4 Å². The van der Waals surface area contributed by atoms with Crippen molar-refractivity contribution in [2.75, 3.05) is 23.3 Å². The fraction of sp³-hybridized carbons (Fsp3) is 0.294. The molecule has 0 aliphatic carbocycles. The Morgan fingerprint density at radius 3 is 2.73 bits per heavy atom. The number of rotatable bonds is 4. The standard InChI is InChI=1S/C17H18N2O5S2/c1-11(20)19-8-3-4-12-10-13(5-6-15(12)19)26(22,23)18-14-7-9-25-16(14)17(21)24-2/h5-7,9-10,18H,3-4,8H2,1-2H3. The summed E-state index contributed by atoms with van der Waals surface area (Å²) in [6.45, 7) is 2.12. The lowest BCUT2D eigenvalue weighted by atomic mass is 10.0. The molecule has 0 atom stereocenters. The van der Waals surface area contributed by atoms with Crippen LogP contribution in [0, 0.1) is 0 Å². The van der Waals surface area contributed by atoms with Crippen LogP contribution in [-0.2, 0) is 26.0 Å². The van der Waals surface area contributed by atoms with Gasteiger partial charge >= 0.3 is 5.97 Å². The highest BCUT2D eigenvalue weighted by molar-refractivity contribution is 7.92. The Kier molecular flexibility index (Phi) is 5.01. The van der Waals surface area contributed by atoms with Gasteiger partial charge in [-0.2, -0.15) is 0 Å². The summed E-state index contributed by atoms with van der Waals surface area (Å²) in [5.41, 5.74) is 1.74. The second kappa shape index (κ2) is 7.08. The summed E-state index contributed by atoms with van der Waals surface area (Å²) >= 11 is 1.10. The van der Waals surface area contributed by atoms with E-state index in [2.05, 4.69) is 9.46 Å². The number of fused-ring (bicyclic) bond motifs is 1. The Morgan fingerprint density at radius 2 is 2.04 bits per heavy atom. The molecule has 0 bridgehead atoms. The van der Waals surface area contributed by atoms with Crippen LogP contribution in [0.4, 0.5) is 11.4 Å². The van der Waals surface area contributed by atoms with Gasteiger partial charge in [0, 0.05) is 19.2 Å². The van der Waals surface area contributed by atoms with Crippen LogP contribution in [0.2, 0.25) is 0 Å². The van der Waals surface area contributed by atoms with E-state index in [1.807, 2.05) is 0 Å². The fourth-order valence-corrected chi connectivity index (χ4v) is 4.86. The van der Waals surface area contributed by atoms with E-state index in [1.54, 1.807) is 22.4 Å². The number of anilines is 2. The zero-order chi connectivity index (χ0) is 18.9. The molecule has 3 rings (SSSR count). The molecule has 9 heteroatoms. The number of amides is 1. The second-order valence-electron chi connectivity index (χ2n) is 5.83. The third-order valence-corrected chi connectivity index (χ3v) is 6.40. The predicted molar refractivity (Wildman–Crippen MR) is 99.3 cm³/mol. The van der Waals surface area contributed by atoms with Crippen LogP contribution in [0.5, 0.6) is 0 Å². The first-order valence-corrected chi connectivity index (χ1v) is 10.3. The molecule has 1 aliphatic rings. The molecule has 1 aromatic carbocycles. The lowest BCUT2D eigenvalue weighted by Gasteiger charge is -2.28. The van der Waals surface area contributed by atoms with Crippen molar-refractivity contribution in [3.8, 4) is 0 Å². The number of hydrogen-bond acceptors (Lipinski definition) is 6. The highest BCUT2D eigenvalue weighted by Gasteiger charge is 2.24. The van der Waals surface area contributed by atoms with Gasteiger partial charge in [-0.1, -0.05) is 0 Å². The van der Waals surface area contributed by atoms with Crippen molar-refractivity contribution < 1.29 is 22.7 Å². The predicted octanol–water partition coefficient (Wildman–Crippen LogP) is 2.63. The minimum absolute atomic E-state index is 0.0688. The molecule has 0 radical (unpaired) electrons.